The van der Waals surface area contributed by atoms with Crippen molar-refractivity contribution in [1.29, 1.82) is 0 Å². The predicted octanol–water partition coefficient (Wildman–Crippen LogP) is 3.51. The van der Waals surface area contributed by atoms with Gasteiger partial charge in [-0.25, -0.2) is 8.42 Å². The minimum Gasteiger partial charge on any atom is -0.495 e. The summed E-state index contributed by atoms with van der Waals surface area (Å²) in [5, 5.41) is 0.946. The summed E-state index contributed by atoms with van der Waals surface area (Å²) in [6, 6.07) is 12.1. The lowest BCUT2D eigenvalue weighted by atomic mass is 10.2. The normalized spacial score (nSPS) is 16.0. The first-order valence-corrected chi connectivity index (χ1v) is 9.95. The Morgan fingerprint density at radius 2 is 1.72 bits per heavy atom. The molecule has 8 heteroatoms. The van der Waals surface area contributed by atoms with Gasteiger partial charge in [-0.15, -0.1) is 0 Å². The molecule has 0 N–H and O–H groups in total. The number of rotatable bonds is 4. The molecule has 1 aliphatic heterocycles. The van der Waals surface area contributed by atoms with Crippen LogP contribution in [0.5, 0.6) is 5.75 Å². The Morgan fingerprint density at radius 3 is 2.32 bits per heavy atom. The summed E-state index contributed by atoms with van der Waals surface area (Å²) in [5.41, 5.74) is 0.997. The summed E-state index contributed by atoms with van der Waals surface area (Å²) in [5.74, 6) is 0.450. The number of piperazine rings is 1. The molecule has 1 fully saturated rings. The van der Waals surface area contributed by atoms with Gasteiger partial charge in [0.05, 0.1) is 17.0 Å². The van der Waals surface area contributed by atoms with Crippen molar-refractivity contribution in [3.63, 3.8) is 0 Å². The number of hydrogen-bond acceptors (Lipinski definition) is 4. The van der Waals surface area contributed by atoms with Gasteiger partial charge in [0.25, 0.3) is 0 Å². The summed E-state index contributed by atoms with van der Waals surface area (Å²) in [6.45, 7) is 2.00. The molecule has 1 saturated heterocycles. The lowest BCUT2D eigenvalue weighted by Crippen LogP contribution is -2.48. The molecule has 0 aromatic heterocycles. The van der Waals surface area contributed by atoms with Crippen LogP contribution in [0.25, 0.3) is 0 Å². The molecule has 0 atom stereocenters. The lowest BCUT2D eigenvalue weighted by Gasteiger charge is -2.35. The van der Waals surface area contributed by atoms with Crippen molar-refractivity contribution >= 4 is 38.9 Å². The van der Waals surface area contributed by atoms with E-state index >= 15 is 0 Å². The van der Waals surface area contributed by atoms with Gasteiger partial charge in [-0.2, -0.15) is 4.31 Å². The van der Waals surface area contributed by atoms with Crippen LogP contribution in [0.15, 0.2) is 47.4 Å². The standard InChI is InChI=1S/C17H18Cl2N2O3S/c1-24-17-6-5-15(12-16(17)19)25(22,23)21-9-7-20(8-10-21)14-4-2-3-13(18)11-14/h2-6,11-12H,7-10H2,1H3. The highest BCUT2D eigenvalue weighted by atomic mass is 35.5. The second-order valence-corrected chi connectivity index (χ2v) is 8.45. The second kappa shape index (κ2) is 7.41. The molecule has 0 bridgehead atoms. The fourth-order valence-corrected chi connectivity index (χ4v) is 4.77. The third-order valence-corrected chi connectivity index (χ3v) is 6.60. The maximum absolute atomic E-state index is 12.8. The van der Waals surface area contributed by atoms with Gasteiger partial charge in [0.1, 0.15) is 5.75 Å². The Morgan fingerprint density at radius 1 is 1.00 bits per heavy atom. The van der Waals surface area contributed by atoms with E-state index in [9.17, 15) is 8.42 Å². The molecule has 1 heterocycles. The number of ether oxygens (including phenoxy) is 1. The van der Waals surface area contributed by atoms with Crippen LogP contribution >= 0.6 is 23.2 Å². The van der Waals surface area contributed by atoms with E-state index in [0.29, 0.717) is 37.0 Å². The zero-order chi connectivity index (χ0) is 18.0. The summed E-state index contributed by atoms with van der Waals surface area (Å²) < 4.78 is 32.2. The number of halogens is 2. The first-order chi connectivity index (χ1) is 11.9. The van der Waals surface area contributed by atoms with Crippen molar-refractivity contribution in [3.05, 3.63) is 52.5 Å². The highest BCUT2D eigenvalue weighted by Crippen LogP contribution is 2.29. The number of benzene rings is 2. The summed E-state index contributed by atoms with van der Waals surface area (Å²) >= 11 is 12.1. The molecule has 134 valence electrons. The molecule has 0 unspecified atom stereocenters. The molecule has 3 rings (SSSR count). The van der Waals surface area contributed by atoms with Gasteiger partial charge < -0.3 is 9.64 Å². The smallest absolute Gasteiger partial charge is 0.243 e. The predicted molar refractivity (Wildman–Crippen MR) is 100 cm³/mol. The van der Waals surface area contributed by atoms with E-state index in [1.165, 1.54) is 23.5 Å². The van der Waals surface area contributed by atoms with E-state index in [-0.39, 0.29) is 9.92 Å². The molecule has 0 saturated carbocycles. The van der Waals surface area contributed by atoms with Crippen molar-refractivity contribution in [2.45, 2.75) is 4.90 Å². The molecule has 5 nitrogen and oxygen atoms in total. The number of sulfonamides is 1. The van der Waals surface area contributed by atoms with Crippen LogP contribution in [-0.4, -0.2) is 46.0 Å². The number of anilines is 1. The maximum atomic E-state index is 12.8. The van der Waals surface area contributed by atoms with Crippen molar-refractivity contribution in [2.24, 2.45) is 0 Å². The molecule has 0 amide bonds. The SMILES string of the molecule is COc1ccc(S(=O)(=O)N2CCN(c3cccc(Cl)c3)CC2)cc1Cl. The van der Waals surface area contributed by atoms with Gasteiger partial charge in [0.2, 0.25) is 10.0 Å². The van der Waals surface area contributed by atoms with E-state index in [2.05, 4.69) is 4.90 Å². The average molecular weight is 401 g/mol. The van der Waals surface area contributed by atoms with Crippen molar-refractivity contribution in [1.82, 2.24) is 4.31 Å². The molecule has 0 aliphatic carbocycles. The average Bonchev–Trinajstić information content (AvgIpc) is 2.61. The minimum absolute atomic E-state index is 0.175. The molecular weight excluding hydrogens is 383 g/mol. The fourth-order valence-electron chi connectivity index (χ4n) is 2.82. The van der Waals surface area contributed by atoms with Gasteiger partial charge >= 0.3 is 0 Å². The first-order valence-electron chi connectivity index (χ1n) is 7.76. The van der Waals surface area contributed by atoms with Crippen LogP contribution in [0.2, 0.25) is 10.0 Å². The van der Waals surface area contributed by atoms with Gasteiger partial charge in [0, 0.05) is 36.9 Å². The van der Waals surface area contributed by atoms with Gasteiger partial charge in [0.15, 0.2) is 0 Å². The van der Waals surface area contributed by atoms with Crippen molar-refractivity contribution in [3.8, 4) is 5.75 Å². The van der Waals surface area contributed by atoms with E-state index in [0.717, 1.165) is 5.69 Å². The summed E-state index contributed by atoms with van der Waals surface area (Å²) in [6.07, 6.45) is 0. The fraction of sp³-hybridized carbons (Fsp3) is 0.294. The van der Waals surface area contributed by atoms with E-state index < -0.39 is 10.0 Å². The monoisotopic (exact) mass is 400 g/mol. The van der Waals surface area contributed by atoms with Gasteiger partial charge in [-0.3, -0.25) is 0 Å². The topological polar surface area (TPSA) is 49.9 Å². The zero-order valence-electron chi connectivity index (χ0n) is 13.7. The van der Waals surface area contributed by atoms with Crippen molar-refractivity contribution in [2.75, 3.05) is 38.2 Å². The van der Waals surface area contributed by atoms with Gasteiger partial charge in [-0.05, 0) is 36.4 Å². The Kier molecular flexibility index (Phi) is 5.43. The van der Waals surface area contributed by atoms with Crippen molar-refractivity contribution < 1.29 is 13.2 Å². The maximum Gasteiger partial charge on any atom is 0.243 e. The summed E-state index contributed by atoms with van der Waals surface area (Å²) in [4.78, 5) is 2.30. The number of hydrogen-bond donors (Lipinski definition) is 0. The largest absolute Gasteiger partial charge is 0.495 e. The van der Waals surface area contributed by atoms with Crippen LogP contribution in [0, 0.1) is 0 Å². The van der Waals surface area contributed by atoms with E-state index in [1.54, 1.807) is 6.07 Å². The molecule has 0 radical (unpaired) electrons. The number of methoxy groups -OCH3 is 1. The molecule has 2 aromatic carbocycles. The quantitative estimate of drug-likeness (QED) is 0.787. The van der Waals surface area contributed by atoms with Crippen LogP contribution in [0.1, 0.15) is 0 Å². The Labute approximate surface area is 157 Å². The lowest BCUT2D eigenvalue weighted by molar-refractivity contribution is 0.384. The molecular formula is C17H18Cl2N2O3S. The Hall–Kier alpha value is -1.47. The second-order valence-electron chi connectivity index (χ2n) is 5.67. The minimum atomic E-state index is -3.58. The van der Waals surface area contributed by atoms with Gasteiger partial charge in [-0.1, -0.05) is 29.3 Å². The molecule has 25 heavy (non-hydrogen) atoms. The van der Waals surface area contributed by atoms with Crippen LogP contribution in [-0.2, 0) is 10.0 Å². The highest BCUT2D eigenvalue weighted by molar-refractivity contribution is 7.89. The van der Waals surface area contributed by atoms with Crippen LogP contribution in [0.3, 0.4) is 0 Å². The molecule has 0 spiro atoms. The third kappa shape index (κ3) is 3.87. The Balaban J connectivity index is 1.74. The highest BCUT2D eigenvalue weighted by Gasteiger charge is 2.29. The molecule has 2 aromatic rings. The van der Waals surface area contributed by atoms with Crippen LogP contribution in [0.4, 0.5) is 5.69 Å². The molecule has 1 aliphatic rings. The third-order valence-electron chi connectivity index (χ3n) is 4.17. The van der Waals surface area contributed by atoms with E-state index in [4.69, 9.17) is 27.9 Å². The zero-order valence-corrected chi connectivity index (χ0v) is 16.0. The van der Waals surface area contributed by atoms with Crippen LogP contribution < -0.4 is 9.64 Å². The first kappa shape index (κ1) is 18.3. The Bertz CT molecular complexity index is 866. The summed E-state index contributed by atoms with van der Waals surface area (Å²) in [7, 11) is -2.09. The number of nitrogens with zero attached hydrogens (tertiary/aromatic N) is 2. The van der Waals surface area contributed by atoms with E-state index in [1.807, 2.05) is 24.3 Å².